The molecule has 0 spiro atoms. The van der Waals surface area contributed by atoms with E-state index in [0.29, 0.717) is 50.4 Å². The largest absolute Gasteiger partial charge is 0.486 e. The third-order valence-corrected chi connectivity index (χ3v) is 6.08. The van der Waals surface area contributed by atoms with E-state index in [9.17, 15) is 13.2 Å². The van der Waals surface area contributed by atoms with E-state index in [1.54, 1.807) is 18.2 Å². The maximum Gasteiger partial charge on any atom is 0.251 e. The Bertz CT molecular complexity index is 1020. The predicted molar refractivity (Wildman–Crippen MR) is 106 cm³/mol. The Kier molecular flexibility index (Phi) is 4.89. The van der Waals surface area contributed by atoms with Crippen LogP contribution in [0.3, 0.4) is 0 Å². The van der Waals surface area contributed by atoms with Gasteiger partial charge >= 0.3 is 0 Å². The number of fused-ring (bicyclic) bond motifs is 2. The molecular formula is C20H22N2O5S. The van der Waals surface area contributed by atoms with Crippen LogP contribution in [0.15, 0.2) is 36.4 Å². The Morgan fingerprint density at radius 2 is 1.89 bits per heavy atom. The van der Waals surface area contributed by atoms with Crippen molar-refractivity contribution in [3.63, 3.8) is 0 Å². The number of nitrogens with one attached hydrogen (secondary N) is 1. The van der Waals surface area contributed by atoms with Crippen molar-refractivity contribution in [2.24, 2.45) is 0 Å². The molecule has 1 N–H and O–H groups in total. The minimum Gasteiger partial charge on any atom is -0.486 e. The number of hydrogen-bond donors (Lipinski definition) is 1. The lowest BCUT2D eigenvalue weighted by Crippen LogP contribution is -2.27. The zero-order valence-corrected chi connectivity index (χ0v) is 16.4. The first-order valence-electron chi connectivity index (χ1n) is 9.19. The van der Waals surface area contributed by atoms with Gasteiger partial charge in [0.15, 0.2) is 11.5 Å². The number of anilines is 1. The smallest absolute Gasteiger partial charge is 0.251 e. The van der Waals surface area contributed by atoms with Crippen LogP contribution in [0.5, 0.6) is 11.5 Å². The average Bonchev–Trinajstić information content (AvgIpc) is 3.11. The topological polar surface area (TPSA) is 84.9 Å². The lowest BCUT2D eigenvalue weighted by Gasteiger charge is -2.19. The van der Waals surface area contributed by atoms with Crippen molar-refractivity contribution in [1.29, 1.82) is 0 Å². The molecule has 8 heteroatoms. The van der Waals surface area contributed by atoms with Crippen molar-refractivity contribution in [3.8, 4) is 11.5 Å². The summed E-state index contributed by atoms with van der Waals surface area (Å²) in [5.74, 6) is 1.32. The maximum absolute atomic E-state index is 12.5. The van der Waals surface area contributed by atoms with Crippen molar-refractivity contribution >= 4 is 21.6 Å². The number of benzene rings is 2. The Labute approximate surface area is 164 Å². The molecule has 28 heavy (non-hydrogen) atoms. The van der Waals surface area contributed by atoms with Gasteiger partial charge in [-0.05, 0) is 54.3 Å². The zero-order valence-electron chi connectivity index (χ0n) is 15.6. The molecule has 7 nitrogen and oxygen atoms in total. The van der Waals surface area contributed by atoms with Crippen LogP contribution in [0.1, 0.15) is 21.5 Å². The normalized spacial score (nSPS) is 15.2. The van der Waals surface area contributed by atoms with E-state index in [0.717, 1.165) is 22.6 Å². The summed E-state index contributed by atoms with van der Waals surface area (Å²) in [5.41, 5.74) is 3.14. The van der Waals surface area contributed by atoms with E-state index in [1.807, 2.05) is 18.2 Å². The van der Waals surface area contributed by atoms with E-state index in [4.69, 9.17) is 9.47 Å². The standard InChI is InChI=1S/C20H22N2O5S/c1-28(24,25)22-9-7-15-13-16(3-4-17(15)22)20(23)21-8-6-14-2-5-18-19(12-14)27-11-10-26-18/h2-5,12-13H,6-11H2,1H3,(H,21,23). The molecule has 0 atom stereocenters. The van der Waals surface area contributed by atoms with Gasteiger partial charge in [-0.25, -0.2) is 8.42 Å². The van der Waals surface area contributed by atoms with Crippen LogP contribution in [0, 0.1) is 0 Å². The molecule has 1 amide bonds. The fraction of sp³-hybridized carbons (Fsp3) is 0.350. The third kappa shape index (κ3) is 3.77. The zero-order chi connectivity index (χ0) is 19.7. The molecule has 2 aliphatic heterocycles. The number of nitrogens with zero attached hydrogens (tertiary/aromatic N) is 1. The minimum atomic E-state index is -3.29. The van der Waals surface area contributed by atoms with Crippen LogP contribution in [0.2, 0.25) is 0 Å². The fourth-order valence-electron chi connectivity index (χ4n) is 3.52. The van der Waals surface area contributed by atoms with E-state index in [-0.39, 0.29) is 5.91 Å². The molecule has 0 aromatic heterocycles. The van der Waals surface area contributed by atoms with Crippen LogP contribution >= 0.6 is 0 Å². The number of amides is 1. The van der Waals surface area contributed by atoms with Crippen LogP contribution < -0.4 is 19.1 Å². The first-order chi connectivity index (χ1) is 13.4. The van der Waals surface area contributed by atoms with Gasteiger partial charge < -0.3 is 14.8 Å². The molecule has 4 rings (SSSR count). The van der Waals surface area contributed by atoms with Gasteiger partial charge in [-0.15, -0.1) is 0 Å². The van der Waals surface area contributed by atoms with Crippen molar-refractivity contribution in [1.82, 2.24) is 5.32 Å². The highest BCUT2D eigenvalue weighted by Gasteiger charge is 2.26. The number of rotatable bonds is 5. The lowest BCUT2D eigenvalue weighted by atomic mass is 10.1. The second-order valence-electron chi connectivity index (χ2n) is 6.91. The summed E-state index contributed by atoms with van der Waals surface area (Å²) in [6.07, 6.45) is 2.48. The van der Waals surface area contributed by atoms with Gasteiger partial charge in [-0.3, -0.25) is 9.10 Å². The maximum atomic E-state index is 12.5. The van der Waals surface area contributed by atoms with Crippen LogP contribution in [-0.2, 0) is 22.9 Å². The minimum absolute atomic E-state index is 0.168. The molecular weight excluding hydrogens is 380 g/mol. The van der Waals surface area contributed by atoms with E-state index < -0.39 is 10.0 Å². The summed E-state index contributed by atoms with van der Waals surface area (Å²) in [4.78, 5) is 12.5. The Balaban J connectivity index is 1.37. The van der Waals surface area contributed by atoms with E-state index >= 15 is 0 Å². The second kappa shape index (κ2) is 7.35. The monoisotopic (exact) mass is 402 g/mol. The molecule has 0 saturated heterocycles. The predicted octanol–water partition coefficient (Wildman–Crippen LogP) is 1.75. The number of sulfonamides is 1. The number of carbonyl (C=O) groups excluding carboxylic acids is 1. The lowest BCUT2D eigenvalue weighted by molar-refractivity contribution is 0.0954. The van der Waals surface area contributed by atoms with Gasteiger partial charge in [0, 0.05) is 18.7 Å². The molecule has 0 radical (unpaired) electrons. The summed E-state index contributed by atoms with van der Waals surface area (Å²) in [5, 5.41) is 2.92. The van der Waals surface area contributed by atoms with Gasteiger partial charge in [-0.2, -0.15) is 0 Å². The van der Waals surface area contributed by atoms with Crippen molar-refractivity contribution < 1.29 is 22.7 Å². The first-order valence-corrected chi connectivity index (χ1v) is 11.0. The van der Waals surface area contributed by atoms with Crippen LogP contribution in [0.4, 0.5) is 5.69 Å². The van der Waals surface area contributed by atoms with Gasteiger partial charge in [0.05, 0.1) is 11.9 Å². The first kappa shape index (κ1) is 18.6. The molecule has 0 unspecified atom stereocenters. The fourth-order valence-corrected chi connectivity index (χ4v) is 4.48. The van der Waals surface area contributed by atoms with E-state index in [1.165, 1.54) is 10.6 Å². The van der Waals surface area contributed by atoms with Crippen molar-refractivity contribution in [2.45, 2.75) is 12.8 Å². The SMILES string of the molecule is CS(=O)(=O)N1CCc2cc(C(=O)NCCc3ccc4c(c3)OCCO4)ccc21. The molecule has 0 fully saturated rings. The summed E-state index contributed by atoms with van der Waals surface area (Å²) in [7, 11) is -3.29. The molecule has 2 heterocycles. The highest BCUT2D eigenvalue weighted by Crippen LogP contribution is 2.31. The average molecular weight is 402 g/mol. The van der Waals surface area contributed by atoms with Crippen LogP contribution in [0.25, 0.3) is 0 Å². The van der Waals surface area contributed by atoms with Crippen molar-refractivity contribution in [2.75, 3.05) is 36.9 Å². The summed E-state index contributed by atoms with van der Waals surface area (Å²) < 4.78 is 36.1. The van der Waals surface area contributed by atoms with Crippen molar-refractivity contribution in [3.05, 3.63) is 53.1 Å². The summed E-state index contributed by atoms with van der Waals surface area (Å²) in [6.45, 7) is 2.02. The quantitative estimate of drug-likeness (QED) is 0.824. The van der Waals surface area contributed by atoms with E-state index in [2.05, 4.69) is 5.32 Å². The Hall–Kier alpha value is -2.74. The van der Waals surface area contributed by atoms with Gasteiger partial charge in [0.2, 0.25) is 10.0 Å². The highest BCUT2D eigenvalue weighted by atomic mass is 32.2. The Morgan fingerprint density at radius 3 is 2.68 bits per heavy atom. The highest BCUT2D eigenvalue weighted by molar-refractivity contribution is 7.92. The number of carbonyl (C=O) groups is 1. The molecule has 0 saturated carbocycles. The van der Waals surface area contributed by atoms with Gasteiger partial charge in [-0.1, -0.05) is 6.07 Å². The molecule has 0 bridgehead atoms. The molecule has 148 valence electrons. The summed E-state index contributed by atoms with van der Waals surface area (Å²) >= 11 is 0. The number of ether oxygens (including phenoxy) is 2. The summed E-state index contributed by atoms with van der Waals surface area (Å²) in [6, 6.07) is 10.9. The molecule has 0 aliphatic carbocycles. The molecule has 2 aromatic rings. The van der Waals surface area contributed by atoms with Gasteiger partial charge in [0.1, 0.15) is 13.2 Å². The Morgan fingerprint density at radius 1 is 1.11 bits per heavy atom. The third-order valence-electron chi connectivity index (χ3n) is 4.90. The molecule has 2 aliphatic rings. The number of hydrogen-bond acceptors (Lipinski definition) is 5. The van der Waals surface area contributed by atoms with Crippen LogP contribution in [-0.4, -0.2) is 46.9 Å². The second-order valence-corrected chi connectivity index (χ2v) is 8.82. The van der Waals surface area contributed by atoms with Gasteiger partial charge in [0.25, 0.3) is 5.91 Å². The molecule has 2 aromatic carbocycles.